The molecule has 1 amide bonds. The minimum atomic E-state index is -3.38. The molecule has 1 aromatic rings. The highest BCUT2D eigenvalue weighted by Crippen LogP contribution is 2.19. The Morgan fingerprint density at radius 1 is 1.46 bits per heavy atom. The van der Waals surface area contributed by atoms with E-state index in [0.717, 1.165) is 0 Å². The highest BCUT2D eigenvalue weighted by molar-refractivity contribution is 7.90. The molecule has 2 rings (SSSR count). The van der Waals surface area contributed by atoms with Gasteiger partial charge in [-0.2, -0.15) is 5.26 Å². The summed E-state index contributed by atoms with van der Waals surface area (Å²) >= 11 is 0. The summed E-state index contributed by atoms with van der Waals surface area (Å²) in [5.41, 5.74) is 0.511. The molecular weight excluding hydrogens is 330 g/mol. The highest BCUT2D eigenvalue weighted by Gasteiger charge is 2.36. The lowest BCUT2D eigenvalue weighted by molar-refractivity contribution is -0.136. The summed E-state index contributed by atoms with van der Waals surface area (Å²) in [5.74, 6) is 0.249. The summed E-state index contributed by atoms with van der Waals surface area (Å²) < 4.78 is 32.1. The number of carbonyl (C=O) groups excluding carboxylic acids is 1. The first kappa shape index (κ1) is 18.2. The van der Waals surface area contributed by atoms with Gasteiger partial charge in [0.05, 0.1) is 16.9 Å². The molecule has 1 aromatic carbocycles. The lowest BCUT2D eigenvalue weighted by Crippen LogP contribution is -2.41. The second kappa shape index (κ2) is 7.64. The first-order chi connectivity index (χ1) is 11.4. The quantitative estimate of drug-likeness (QED) is 0.820. The molecule has 1 N–H and O–H groups in total. The van der Waals surface area contributed by atoms with Crippen LogP contribution in [0.1, 0.15) is 25.8 Å². The second-order valence-electron chi connectivity index (χ2n) is 5.63. The van der Waals surface area contributed by atoms with Crippen molar-refractivity contribution in [3.63, 3.8) is 0 Å². The van der Waals surface area contributed by atoms with E-state index < -0.39 is 21.4 Å². The number of carbonyl (C=O) groups is 1. The van der Waals surface area contributed by atoms with Crippen LogP contribution in [0, 0.1) is 11.3 Å². The number of likely N-dealkylation sites (tertiary alicyclic amines) is 1. The largest absolute Gasteiger partial charge is 0.481 e. The topological polar surface area (TPSA) is 99.5 Å². The van der Waals surface area contributed by atoms with E-state index in [1.807, 2.05) is 6.07 Å². The van der Waals surface area contributed by atoms with Crippen molar-refractivity contribution < 1.29 is 17.9 Å². The van der Waals surface area contributed by atoms with Gasteiger partial charge in [0.1, 0.15) is 5.75 Å². The molecule has 1 saturated heterocycles. The number of hydrogen-bond donors (Lipinski definition) is 1. The van der Waals surface area contributed by atoms with E-state index in [4.69, 9.17) is 10.00 Å². The molecule has 0 bridgehead atoms. The van der Waals surface area contributed by atoms with Crippen LogP contribution in [0.15, 0.2) is 24.3 Å². The molecule has 130 valence electrons. The highest BCUT2D eigenvalue weighted by atomic mass is 32.2. The molecule has 1 fully saturated rings. The van der Waals surface area contributed by atoms with Crippen molar-refractivity contribution >= 4 is 15.9 Å². The zero-order valence-corrected chi connectivity index (χ0v) is 14.5. The van der Waals surface area contributed by atoms with Gasteiger partial charge < -0.3 is 9.64 Å². The van der Waals surface area contributed by atoms with Gasteiger partial charge in [-0.3, -0.25) is 4.79 Å². The summed E-state index contributed by atoms with van der Waals surface area (Å²) in [4.78, 5) is 14.0. The number of nitrogens with one attached hydrogen (secondary N) is 1. The van der Waals surface area contributed by atoms with Gasteiger partial charge in [-0.05, 0) is 37.6 Å². The Kier molecular flexibility index (Phi) is 5.80. The first-order valence-electron chi connectivity index (χ1n) is 7.81. The Bertz CT molecular complexity index is 725. The standard InChI is InChI=1S/C16H21N3O4S/c1-3-18-24(21,22)15-8-9-19(11-15)16(20)12(2)23-14-6-4-13(10-17)5-7-14/h4-7,12,15,18H,3,8-9,11H2,1-2H3/t12-,15+/m1/s1. The maximum Gasteiger partial charge on any atom is 0.263 e. The molecule has 1 heterocycles. The third kappa shape index (κ3) is 4.24. The fourth-order valence-electron chi connectivity index (χ4n) is 2.62. The summed E-state index contributed by atoms with van der Waals surface area (Å²) in [6.45, 7) is 4.27. The van der Waals surface area contributed by atoms with Gasteiger partial charge in [-0.25, -0.2) is 13.1 Å². The molecule has 24 heavy (non-hydrogen) atoms. The first-order valence-corrected chi connectivity index (χ1v) is 9.36. The van der Waals surface area contributed by atoms with E-state index in [9.17, 15) is 13.2 Å². The third-order valence-electron chi connectivity index (χ3n) is 3.89. The Balaban J connectivity index is 1.95. The number of rotatable bonds is 6. The van der Waals surface area contributed by atoms with Gasteiger partial charge >= 0.3 is 0 Å². The molecular formula is C16H21N3O4S. The SMILES string of the molecule is CCNS(=O)(=O)[C@H]1CCN(C(=O)[C@@H](C)Oc2ccc(C#N)cc2)C1. The molecule has 0 radical (unpaired) electrons. The lowest BCUT2D eigenvalue weighted by Gasteiger charge is -2.22. The van der Waals surface area contributed by atoms with Gasteiger partial charge in [-0.1, -0.05) is 6.92 Å². The molecule has 0 spiro atoms. The molecule has 7 nitrogen and oxygen atoms in total. The molecule has 1 aliphatic rings. The van der Waals surface area contributed by atoms with E-state index in [1.165, 1.54) is 4.90 Å². The summed E-state index contributed by atoms with van der Waals surface area (Å²) in [7, 11) is -3.38. The maximum atomic E-state index is 12.4. The van der Waals surface area contributed by atoms with Crippen LogP contribution in [-0.4, -0.2) is 50.2 Å². The van der Waals surface area contributed by atoms with Gasteiger partial charge in [0.25, 0.3) is 5.91 Å². The molecule has 1 aliphatic heterocycles. The number of amides is 1. The summed E-state index contributed by atoms with van der Waals surface area (Å²) in [5, 5.41) is 8.18. The van der Waals surface area contributed by atoms with Crippen molar-refractivity contribution in [3.8, 4) is 11.8 Å². The molecule has 2 atom stereocenters. The fourth-order valence-corrected chi connectivity index (χ4v) is 4.05. The van der Waals surface area contributed by atoms with Crippen LogP contribution in [0.4, 0.5) is 0 Å². The third-order valence-corrected chi connectivity index (χ3v) is 5.84. The smallest absolute Gasteiger partial charge is 0.263 e. The Hall–Kier alpha value is -2.11. The fraction of sp³-hybridized carbons (Fsp3) is 0.500. The second-order valence-corrected chi connectivity index (χ2v) is 7.68. The normalized spacial score (nSPS) is 18.9. The van der Waals surface area contributed by atoms with Crippen molar-refractivity contribution in [1.82, 2.24) is 9.62 Å². The average Bonchev–Trinajstić information content (AvgIpc) is 3.05. The van der Waals surface area contributed by atoms with E-state index in [-0.39, 0.29) is 12.5 Å². The monoisotopic (exact) mass is 351 g/mol. The van der Waals surface area contributed by atoms with E-state index >= 15 is 0 Å². The summed E-state index contributed by atoms with van der Waals surface area (Å²) in [6, 6.07) is 8.50. The van der Waals surface area contributed by atoms with Crippen molar-refractivity contribution in [2.24, 2.45) is 0 Å². The van der Waals surface area contributed by atoms with Gasteiger partial charge in [0.2, 0.25) is 10.0 Å². The van der Waals surface area contributed by atoms with E-state index in [0.29, 0.717) is 30.8 Å². The predicted octanol–water partition coefficient (Wildman–Crippen LogP) is 0.866. The maximum absolute atomic E-state index is 12.4. The van der Waals surface area contributed by atoms with Gasteiger partial charge in [-0.15, -0.1) is 0 Å². The number of hydrogen-bond acceptors (Lipinski definition) is 5. The number of ether oxygens (including phenoxy) is 1. The number of benzene rings is 1. The van der Waals surface area contributed by atoms with Crippen LogP contribution in [0.5, 0.6) is 5.75 Å². The van der Waals surface area contributed by atoms with Crippen molar-refractivity contribution in [3.05, 3.63) is 29.8 Å². The number of nitriles is 1. The van der Waals surface area contributed by atoms with Crippen LogP contribution in [0.2, 0.25) is 0 Å². The van der Waals surface area contributed by atoms with Crippen molar-refractivity contribution in [2.75, 3.05) is 19.6 Å². The average molecular weight is 351 g/mol. The zero-order valence-electron chi connectivity index (χ0n) is 13.7. The Labute approximate surface area is 142 Å². The van der Waals surface area contributed by atoms with Gasteiger partial charge in [0.15, 0.2) is 6.10 Å². The van der Waals surface area contributed by atoms with E-state index in [2.05, 4.69) is 4.72 Å². The minimum Gasteiger partial charge on any atom is -0.481 e. The molecule has 0 aliphatic carbocycles. The Morgan fingerprint density at radius 2 is 2.12 bits per heavy atom. The van der Waals surface area contributed by atoms with Crippen molar-refractivity contribution in [2.45, 2.75) is 31.6 Å². The Morgan fingerprint density at radius 3 is 2.71 bits per heavy atom. The van der Waals surface area contributed by atoms with Crippen LogP contribution in [-0.2, 0) is 14.8 Å². The van der Waals surface area contributed by atoms with Crippen LogP contribution in [0.3, 0.4) is 0 Å². The number of nitrogens with zero attached hydrogens (tertiary/aromatic N) is 2. The summed E-state index contributed by atoms with van der Waals surface area (Å²) in [6.07, 6.45) is -0.302. The number of sulfonamides is 1. The lowest BCUT2D eigenvalue weighted by atomic mass is 10.2. The molecule has 8 heteroatoms. The minimum absolute atomic E-state index is 0.176. The van der Waals surface area contributed by atoms with E-state index in [1.54, 1.807) is 38.1 Å². The van der Waals surface area contributed by atoms with Crippen molar-refractivity contribution in [1.29, 1.82) is 5.26 Å². The molecule has 0 unspecified atom stereocenters. The van der Waals surface area contributed by atoms with Crippen LogP contribution >= 0.6 is 0 Å². The zero-order chi connectivity index (χ0) is 17.7. The van der Waals surface area contributed by atoms with Gasteiger partial charge in [0, 0.05) is 19.6 Å². The molecule has 0 saturated carbocycles. The predicted molar refractivity (Wildman–Crippen MR) is 88.8 cm³/mol. The van der Waals surface area contributed by atoms with Crippen LogP contribution < -0.4 is 9.46 Å². The van der Waals surface area contributed by atoms with Crippen LogP contribution in [0.25, 0.3) is 0 Å². The molecule has 0 aromatic heterocycles.